The number of esters is 1. The van der Waals surface area contributed by atoms with Crippen molar-refractivity contribution in [1.29, 1.82) is 0 Å². The Morgan fingerprint density at radius 3 is 2.81 bits per heavy atom. The summed E-state index contributed by atoms with van der Waals surface area (Å²) in [6, 6.07) is 0. The monoisotopic (exact) mass is 225 g/mol. The molecule has 0 radical (unpaired) electrons. The van der Waals surface area contributed by atoms with Gasteiger partial charge in [0.05, 0.1) is 7.11 Å². The van der Waals surface area contributed by atoms with Crippen LogP contribution in [-0.2, 0) is 16.1 Å². The van der Waals surface area contributed by atoms with Crippen LogP contribution in [0.3, 0.4) is 0 Å². The van der Waals surface area contributed by atoms with E-state index in [9.17, 15) is 4.79 Å². The van der Waals surface area contributed by atoms with E-state index in [2.05, 4.69) is 10.3 Å². The summed E-state index contributed by atoms with van der Waals surface area (Å²) in [6.07, 6.45) is 4.32. The molecule has 0 spiro atoms. The van der Waals surface area contributed by atoms with Crippen LogP contribution >= 0.6 is 0 Å². The summed E-state index contributed by atoms with van der Waals surface area (Å²) >= 11 is 0. The van der Waals surface area contributed by atoms with Crippen molar-refractivity contribution in [2.45, 2.75) is 32.4 Å². The molecule has 0 bridgehead atoms. The lowest BCUT2D eigenvalue weighted by molar-refractivity contribution is -0.148. The highest BCUT2D eigenvalue weighted by atomic mass is 16.5. The maximum absolute atomic E-state index is 11.6. The van der Waals surface area contributed by atoms with Gasteiger partial charge >= 0.3 is 5.97 Å². The predicted molar refractivity (Wildman–Crippen MR) is 61.1 cm³/mol. The number of ether oxygens (including phenoxy) is 1. The summed E-state index contributed by atoms with van der Waals surface area (Å²) in [4.78, 5) is 15.7. The molecule has 1 N–H and O–H groups in total. The maximum Gasteiger partial charge on any atom is 0.325 e. The molecule has 0 aliphatic carbocycles. The Balaban J connectivity index is 2.65. The summed E-state index contributed by atoms with van der Waals surface area (Å²) in [5.41, 5.74) is -0.647. The molecule has 5 heteroatoms. The van der Waals surface area contributed by atoms with Gasteiger partial charge in [0.1, 0.15) is 11.4 Å². The van der Waals surface area contributed by atoms with Crippen molar-refractivity contribution in [3.63, 3.8) is 0 Å². The molecule has 0 saturated carbocycles. The van der Waals surface area contributed by atoms with Gasteiger partial charge < -0.3 is 14.6 Å². The standard InChI is InChI=1S/C11H19N3O2/c1-9-13-6-8-14(9)7-5-11(2,12-3)10(15)16-4/h6,8,12H,5,7H2,1-4H3. The minimum atomic E-state index is -0.647. The molecular formula is C11H19N3O2. The van der Waals surface area contributed by atoms with Crippen molar-refractivity contribution in [3.8, 4) is 0 Å². The van der Waals surface area contributed by atoms with Crippen LogP contribution in [0.2, 0.25) is 0 Å². The number of hydrogen-bond donors (Lipinski definition) is 1. The topological polar surface area (TPSA) is 56.2 Å². The van der Waals surface area contributed by atoms with E-state index in [-0.39, 0.29) is 5.97 Å². The molecule has 0 aliphatic heterocycles. The molecule has 90 valence electrons. The van der Waals surface area contributed by atoms with E-state index >= 15 is 0 Å². The van der Waals surface area contributed by atoms with Crippen molar-refractivity contribution < 1.29 is 9.53 Å². The minimum Gasteiger partial charge on any atom is -0.468 e. The van der Waals surface area contributed by atoms with E-state index in [0.717, 1.165) is 12.4 Å². The van der Waals surface area contributed by atoms with Crippen LogP contribution in [-0.4, -0.2) is 35.2 Å². The molecule has 5 nitrogen and oxygen atoms in total. The minimum absolute atomic E-state index is 0.243. The molecule has 1 aromatic rings. The second-order valence-corrected chi connectivity index (χ2v) is 3.99. The highest BCUT2D eigenvalue weighted by molar-refractivity contribution is 5.80. The number of methoxy groups -OCH3 is 1. The van der Waals surface area contributed by atoms with Gasteiger partial charge in [0.25, 0.3) is 0 Å². The number of imidazole rings is 1. The third-order valence-electron chi connectivity index (χ3n) is 2.96. The fourth-order valence-corrected chi connectivity index (χ4v) is 1.54. The second-order valence-electron chi connectivity index (χ2n) is 3.99. The smallest absolute Gasteiger partial charge is 0.325 e. The van der Waals surface area contributed by atoms with Crippen molar-refractivity contribution in [1.82, 2.24) is 14.9 Å². The van der Waals surface area contributed by atoms with Crippen LogP contribution in [0, 0.1) is 6.92 Å². The summed E-state index contributed by atoms with van der Waals surface area (Å²) in [5, 5.41) is 3.00. The number of aromatic nitrogens is 2. The first-order valence-corrected chi connectivity index (χ1v) is 5.28. The first-order chi connectivity index (χ1) is 7.53. The number of hydrogen-bond acceptors (Lipinski definition) is 4. The molecule has 1 heterocycles. The van der Waals surface area contributed by atoms with Gasteiger partial charge in [-0.05, 0) is 27.3 Å². The molecule has 1 aromatic heterocycles. The largest absolute Gasteiger partial charge is 0.468 e. The number of carbonyl (C=O) groups is 1. The van der Waals surface area contributed by atoms with Crippen molar-refractivity contribution in [2.75, 3.05) is 14.2 Å². The Hall–Kier alpha value is -1.36. The van der Waals surface area contributed by atoms with E-state index in [1.54, 1.807) is 13.2 Å². The Kier molecular flexibility index (Phi) is 4.06. The quantitative estimate of drug-likeness (QED) is 0.751. The van der Waals surface area contributed by atoms with Crippen molar-refractivity contribution in [3.05, 3.63) is 18.2 Å². The Morgan fingerprint density at radius 2 is 2.38 bits per heavy atom. The SMILES string of the molecule is CNC(C)(CCn1ccnc1C)C(=O)OC. The lowest BCUT2D eigenvalue weighted by Crippen LogP contribution is -2.49. The zero-order valence-corrected chi connectivity index (χ0v) is 10.3. The van der Waals surface area contributed by atoms with E-state index in [1.807, 2.05) is 24.6 Å². The predicted octanol–water partition coefficient (Wildman–Crippen LogP) is 0.733. The van der Waals surface area contributed by atoms with Crippen LogP contribution in [0.4, 0.5) is 0 Å². The number of nitrogens with one attached hydrogen (secondary N) is 1. The number of carbonyl (C=O) groups excluding carboxylic acids is 1. The maximum atomic E-state index is 11.6. The zero-order chi connectivity index (χ0) is 12.2. The van der Waals surface area contributed by atoms with Gasteiger partial charge in [-0.1, -0.05) is 0 Å². The molecular weight excluding hydrogens is 206 g/mol. The average Bonchev–Trinajstić information content (AvgIpc) is 2.70. The molecule has 1 unspecified atom stereocenters. The van der Waals surface area contributed by atoms with Gasteiger partial charge in [-0.15, -0.1) is 0 Å². The zero-order valence-electron chi connectivity index (χ0n) is 10.3. The van der Waals surface area contributed by atoms with E-state index in [4.69, 9.17) is 4.74 Å². The summed E-state index contributed by atoms with van der Waals surface area (Å²) in [5.74, 6) is 0.705. The molecule has 0 fully saturated rings. The first kappa shape index (κ1) is 12.7. The Labute approximate surface area is 95.8 Å². The van der Waals surface area contributed by atoms with Crippen molar-refractivity contribution >= 4 is 5.97 Å². The molecule has 0 aromatic carbocycles. The Morgan fingerprint density at radius 1 is 1.69 bits per heavy atom. The highest BCUT2D eigenvalue weighted by Crippen LogP contribution is 2.13. The van der Waals surface area contributed by atoms with E-state index < -0.39 is 5.54 Å². The molecule has 1 rings (SSSR count). The van der Waals surface area contributed by atoms with E-state index in [1.165, 1.54) is 7.11 Å². The van der Waals surface area contributed by atoms with Crippen molar-refractivity contribution in [2.24, 2.45) is 0 Å². The van der Waals surface area contributed by atoms with E-state index in [0.29, 0.717) is 6.42 Å². The van der Waals surface area contributed by atoms with Crippen LogP contribution in [0.5, 0.6) is 0 Å². The van der Waals surface area contributed by atoms with Gasteiger partial charge in [-0.2, -0.15) is 0 Å². The third kappa shape index (κ3) is 2.61. The second kappa shape index (κ2) is 5.12. The molecule has 0 amide bonds. The van der Waals surface area contributed by atoms with Gasteiger partial charge in [0.2, 0.25) is 0 Å². The average molecular weight is 225 g/mol. The Bertz CT molecular complexity index is 362. The summed E-state index contributed by atoms with van der Waals surface area (Å²) in [6.45, 7) is 4.51. The van der Waals surface area contributed by atoms with Gasteiger partial charge in [-0.25, -0.2) is 4.98 Å². The van der Waals surface area contributed by atoms with Crippen LogP contribution in [0.25, 0.3) is 0 Å². The molecule has 1 atom stereocenters. The fraction of sp³-hybridized carbons (Fsp3) is 0.636. The van der Waals surface area contributed by atoms with Crippen LogP contribution in [0.15, 0.2) is 12.4 Å². The normalized spacial score (nSPS) is 14.5. The van der Waals surface area contributed by atoms with Crippen LogP contribution in [0.1, 0.15) is 19.2 Å². The molecule has 16 heavy (non-hydrogen) atoms. The summed E-state index contributed by atoms with van der Waals surface area (Å²) in [7, 11) is 3.16. The third-order valence-corrected chi connectivity index (χ3v) is 2.96. The van der Waals surface area contributed by atoms with Crippen LogP contribution < -0.4 is 5.32 Å². The number of aryl methyl sites for hydroxylation is 2. The highest BCUT2D eigenvalue weighted by Gasteiger charge is 2.32. The fourth-order valence-electron chi connectivity index (χ4n) is 1.54. The lowest BCUT2D eigenvalue weighted by atomic mass is 9.98. The van der Waals surface area contributed by atoms with Gasteiger partial charge in [-0.3, -0.25) is 4.79 Å². The van der Waals surface area contributed by atoms with Gasteiger partial charge in [0.15, 0.2) is 0 Å². The number of nitrogens with zero attached hydrogens (tertiary/aromatic N) is 2. The van der Waals surface area contributed by atoms with Gasteiger partial charge in [0, 0.05) is 18.9 Å². The number of rotatable bonds is 5. The summed E-state index contributed by atoms with van der Waals surface area (Å²) < 4.78 is 6.79. The molecule has 0 aliphatic rings. The lowest BCUT2D eigenvalue weighted by Gasteiger charge is -2.26. The molecule has 0 saturated heterocycles. The number of likely N-dealkylation sites (N-methyl/N-ethyl adjacent to an activating group) is 1. The first-order valence-electron chi connectivity index (χ1n) is 5.28.